The van der Waals surface area contributed by atoms with Crippen molar-refractivity contribution >= 4 is 33.9 Å². The van der Waals surface area contributed by atoms with Crippen LogP contribution in [0.3, 0.4) is 0 Å². The number of rotatable bonds is 22. The molecule has 0 N–H and O–H groups in total. The first-order chi connectivity index (χ1) is 13.1. The van der Waals surface area contributed by atoms with Gasteiger partial charge in [0.25, 0.3) is 0 Å². The predicted molar refractivity (Wildman–Crippen MR) is 131 cm³/mol. The predicted octanol–water partition coefficient (Wildman–Crippen LogP) is 10.7. The molecule has 0 amide bonds. The zero-order valence-electron chi connectivity index (χ0n) is 18.7. The third-order valence-electron chi connectivity index (χ3n) is 5.59. The van der Waals surface area contributed by atoms with Gasteiger partial charge in [-0.25, -0.2) is 0 Å². The van der Waals surface area contributed by atoms with Crippen LogP contribution >= 0.6 is 17.9 Å². The minimum absolute atomic E-state index is 1.17. The normalized spacial score (nSPS) is 12.6. The van der Waals surface area contributed by atoms with E-state index in [1.165, 1.54) is 137 Å². The number of unbranched alkanes of at least 4 members (excludes halogenated alkanes) is 18. The van der Waals surface area contributed by atoms with Gasteiger partial charge in [-0.1, -0.05) is 0 Å². The molecule has 0 heterocycles. The molecule has 0 aromatic rings. The molecule has 0 saturated heterocycles. The second-order valence-corrected chi connectivity index (χ2v) is 23.8. The van der Waals surface area contributed by atoms with Gasteiger partial charge in [0, 0.05) is 0 Å². The van der Waals surface area contributed by atoms with Crippen molar-refractivity contribution in [3.8, 4) is 0 Å². The topological polar surface area (TPSA) is 0 Å². The SMILES string of the molecule is CCCCCCCCCCCC[Te](Cl)(Cl)CCCCCCCCCCCC. The van der Waals surface area contributed by atoms with E-state index >= 15 is 0 Å². The van der Waals surface area contributed by atoms with Crippen molar-refractivity contribution < 1.29 is 0 Å². The van der Waals surface area contributed by atoms with E-state index in [9.17, 15) is 0 Å². The molecule has 0 aromatic carbocycles. The summed E-state index contributed by atoms with van der Waals surface area (Å²) < 4.78 is 2.33. The Bertz CT molecular complexity index is 256. The van der Waals surface area contributed by atoms with Gasteiger partial charge in [0.05, 0.1) is 0 Å². The fraction of sp³-hybridized carbons (Fsp3) is 1.00. The van der Waals surface area contributed by atoms with E-state index in [-0.39, 0.29) is 0 Å². The molecule has 0 fully saturated rings. The first-order valence-electron chi connectivity index (χ1n) is 12.3. The van der Waals surface area contributed by atoms with Crippen molar-refractivity contribution in [1.82, 2.24) is 0 Å². The molecule has 0 aliphatic rings. The van der Waals surface area contributed by atoms with Gasteiger partial charge in [-0.2, -0.15) is 0 Å². The second-order valence-electron chi connectivity index (χ2n) is 8.47. The molecule has 0 rings (SSSR count). The molecular weight excluding hydrogens is 487 g/mol. The van der Waals surface area contributed by atoms with Crippen LogP contribution in [-0.2, 0) is 0 Å². The Hall–Kier alpha value is 1.37. The van der Waals surface area contributed by atoms with E-state index in [0.717, 1.165) is 0 Å². The van der Waals surface area contributed by atoms with Gasteiger partial charge < -0.3 is 0 Å². The Kier molecular flexibility index (Phi) is 23.2. The van der Waals surface area contributed by atoms with Gasteiger partial charge in [0.15, 0.2) is 0 Å². The second kappa shape index (κ2) is 22.1. The van der Waals surface area contributed by atoms with Gasteiger partial charge in [0.2, 0.25) is 0 Å². The summed E-state index contributed by atoms with van der Waals surface area (Å²) in [5.74, 6) is 0. The van der Waals surface area contributed by atoms with E-state index in [1.54, 1.807) is 0 Å². The molecule has 166 valence electrons. The van der Waals surface area contributed by atoms with Crippen molar-refractivity contribution in [2.45, 2.75) is 151 Å². The molecular formula is C24H50Cl2Te. The molecule has 3 heteroatoms. The summed E-state index contributed by atoms with van der Waals surface area (Å²) in [6, 6.07) is 0. The number of halogens is 2. The van der Waals surface area contributed by atoms with Gasteiger partial charge in [-0.05, 0) is 0 Å². The van der Waals surface area contributed by atoms with Gasteiger partial charge in [-0.3, -0.25) is 0 Å². The molecule has 0 nitrogen and oxygen atoms in total. The zero-order valence-corrected chi connectivity index (χ0v) is 22.6. The van der Waals surface area contributed by atoms with E-state index in [1.807, 2.05) is 0 Å². The van der Waals surface area contributed by atoms with Crippen molar-refractivity contribution in [2.75, 3.05) is 0 Å². The van der Waals surface area contributed by atoms with Crippen molar-refractivity contribution in [1.29, 1.82) is 0 Å². The van der Waals surface area contributed by atoms with Crippen LogP contribution in [0.5, 0.6) is 0 Å². The summed E-state index contributed by atoms with van der Waals surface area (Å²) in [6.45, 7) is 4.57. The average Bonchev–Trinajstić information content (AvgIpc) is 2.64. The molecule has 0 atom stereocenters. The molecule has 0 bridgehead atoms. The molecule has 0 unspecified atom stereocenters. The maximum absolute atomic E-state index is 6.71. The number of hydrogen-bond donors (Lipinski definition) is 0. The fourth-order valence-corrected chi connectivity index (χ4v) is 10.8. The third kappa shape index (κ3) is 23.5. The molecule has 0 aromatic heterocycles. The Morgan fingerprint density at radius 3 is 0.852 bits per heavy atom. The molecule has 27 heavy (non-hydrogen) atoms. The zero-order chi connectivity index (χ0) is 20.1. The average molecular weight is 537 g/mol. The molecule has 0 saturated carbocycles. The summed E-state index contributed by atoms with van der Waals surface area (Å²) in [5.41, 5.74) is 0. The van der Waals surface area contributed by atoms with Crippen LogP contribution in [0.15, 0.2) is 0 Å². The van der Waals surface area contributed by atoms with Crippen LogP contribution < -0.4 is 0 Å². The first-order valence-corrected chi connectivity index (χ1v) is 21.5. The summed E-state index contributed by atoms with van der Waals surface area (Å²) in [6.07, 6.45) is 27.9. The standard InChI is InChI=1S/C24H50Cl2Te/c1-3-5-7-9-11-13-15-17-19-21-23-27(25,26)24-22-20-18-16-14-12-10-8-6-4-2/h3-24H2,1-2H3. The van der Waals surface area contributed by atoms with E-state index in [0.29, 0.717) is 0 Å². The summed E-state index contributed by atoms with van der Waals surface area (Å²) in [7, 11) is 13.4. The summed E-state index contributed by atoms with van der Waals surface area (Å²) in [5, 5.41) is 0. The first kappa shape index (κ1) is 28.4. The van der Waals surface area contributed by atoms with Gasteiger partial charge in [-0.15, -0.1) is 0 Å². The Balaban J connectivity index is 3.31. The van der Waals surface area contributed by atoms with Crippen LogP contribution in [-0.4, -0.2) is 15.9 Å². The van der Waals surface area contributed by atoms with Crippen LogP contribution in [0, 0.1) is 0 Å². The summed E-state index contributed by atoms with van der Waals surface area (Å²) >= 11 is -2.48. The molecule has 0 radical (unpaired) electrons. The van der Waals surface area contributed by atoms with Crippen LogP contribution in [0.2, 0.25) is 8.94 Å². The van der Waals surface area contributed by atoms with Crippen LogP contribution in [0.4, 0.5) is 0 Å². The van der Waals surface area contributed by atoms with E-state index < -0.39 is 15.9 Å². The Morgan fingerprint density at radius 1 is 0.370 bits per heavy atom. The fourth-order valence-electron chi connectivity index (χ4n) is 3.70. The van der Waals surface area contributed by atoms with Gasteiger partial charge in [0.1, 0.15) is 0 Å². The van der Waals surface area contributed by atoms with E-state index in [4.69, 9.17) is 17.9 Å². The van der Waals surface area contributed by atoms with Crippen molar-refractivity contribution in [3.05, 3.63) is 0 Å². The molecule has 0 aliphatic heterocycles. The van der Waals surface area contributed by atoms with Crippen LogP contribution in [0.1, 0.15) is 142 Å². The van der Waals surface area contributed by atoms with Crippen LogP contribution in [0.25, 0.3) is 0 Å². The molecule has 0 spiro atoms. The van der Waals surface area contributed by atoms with Crippen molar-refractivity contribution in [3.63, 3.8) is 0 Å². The van der Waals surface area contributed by atoms with Crippen molar-refractivity contribution in [2.24, 2.45) is 0 Å². The maximum atomic E-state index is 6.71. The Labute approximate surface area is 184 Å². The number of hydrogen-bond acceptors (Lipinski definition) is 0. The van der Waals surface area contributed by atoms with E-state index in [2.05, 4.69) is 13.8 Å². The monoisotopic (exact) mass is 538 g/mol. The third-order valence-corrected chi connectivity index (χ3v) is 14.8. The minimum atomic E-state index is -2.48. The summed E-state index contributed by atoms with van der Waals surface area (Å²) in [4.78, 5) is 0. The quantitative estimate of drug-likeness (QED) is 0.0953. The Morgan fingerprint density at radius 2 is 0.593 bits per heavy atom. The molecule has 0 aliphatic carbocycles. The van der Waals surface area contributed by atoms with Gasteiger partial charge >= 0.3 is 185 Å².